The minimum atomic E-state index is -0.0621. The maximum atomic E-state index is 12.1. The van der Waals surface area contributed by atoms with E-state index in [1.165, 1.54) is 6.07 Å². The van der Waals surface area contributed by atoms with Gasteiger partial charge in [0.1, 0.15) is 0 Å². The van der Waals surface area contributed by atoms with Gasteiger partial charge in [-0.05, 0) is 25.1 Å². The van der Waals surface area contributed by atoms with E-state index < -0.39 is 0 Å². The summed E-state index contributed by atoms with van der Waals surface area (Å²) in [6, 6.07) is 8.29. The third-order valence-corrected chi connectivity index (χ3v) is 3.77. The number of rotatable bonds is 0. The molecule has 0 atom stereocenters. The topological polar surface area (TPSA) is 34.1 Å². The molecule has 3 heteroatoms. The van der Waals surface area contributed by atoms with Crippen LogP contribution in [0.4, 0.5) is 0 Å². The molecule has 1 aromatic heterocycles. The lowest BCUT2D eigenvalue weighted by Gasteiger charge is -1.90. The molecule has 1 aromatic carbocycles. The summed E-state index contributed by atoms with van der Waals surface area (Å²) in [5.74, 6) is 0.0324. The van der Waals surface area contributed by atoms with Crippen molar-refractivity contribution >= 4 is 17.1 Å². The maximum Gasteiger partial charge on any atom is 0.195 e. The average Bonchev–Trinajstić information content (AvgIpc) is 2.62. The predicted molar refractivity (Wildman–Crippen MR) is 64.2 cm³/mol. The van der Waals surface area contributed by atoms with Crippen molar-refractivity contribution in [3.8, 4) is 10.4 Å². The Bertz CT molecular complexity index is 668. The van der Waals surface area contributed by atoms with Crippen molar-refractivity contribution in [2.24, 2.45) is 0 Å². The highest BCUT2D eigenvalue weighted by Gasteiger charge is 2.28. The zero-order chi connectivity index (χ0) is 11.3. The Morgan fingerprint density at radius 3 is 2.62 bits per heavy atom. The summed E-state index contributed by atoms with van der Waals surface area (Å²) in [4.78, 5) is 25.5. The molecular formula is C13H8O2S. The van der Waals surface area contributed by atoms with Gasteiger partial charge in [0, 0.05) is 26.4 Å². The highest BCUT2D eigenvalue weighted by atomic mass is 32.1. The summed E-state index contributed by atoms with van der Waals surface area (Å²) in [5, 5.41) is 0. The van der Waals surface area contributed by atoms with Crippen LogP contribution in [0.2, 0.25) is 0 Å². The second kappa shape index (κ2) is 3.12. The van der Waals surface area contributed by atoms with E-state index in [0.717, 1.165) is 20.9 Å². The normalized spacial score (nSPS) is 12.4. The molecular weight excluding hydrogens is 220 g/mol. The largest absolute Gasteiger partial charge is 0.290 e. The van der Waals surface area contributed by atoms with Gasteiger partial charge in [-0.1, -0.05) is 12.1 Å². The molecule has 0 N–H and O–H groups in total. The first-order chi connectivity index (χ1) is 7.66. The molecule has 1 aliphatic rings. The maximum absolute atomic E-state index is 12.1. The van der Waals surface area contributed by atoms with Crippen LogP contribution >= 0.6 is 11.3 Å². The summed E-state index contributed by atoms with van der Waals surface area (Å²) >= 11 is 1.57. The lowest BCUT2D eigenvalue weighted by molar-refractivity contribution is 0.104. The molecule has 2 nitrogen and oxygen atoms in total. The molecule has 3 rings (SSSR count). The third-order valence-electron chi connectivity index (χ3n) is 2.69. The van der Waals surface area contributed by atoms with Crippen LogP contribution in [0.1, 0.15) is 20.8 Å². The molecule has 0 fully saturated rings. The minimum Gasteiger partial charge on any atom is -0.290 e. The van der Waals surface area contributed by atoms with Gasteiger partial charge in [0.15, 0.2) is 11.2 Å². The SMILES string of the molecule is Cc1cc2c(s1)-c1cc(=O)cccc1C2=O. The summed E-state index contributed by atoms with van der Waals surface area (Å²) in [6.07, 6.45) is 0. The van der Waals surface area contributed by atoms with Gasteiger partial charge in [-0.3, -0.25) is 9.59 Å². The number of hydrogen-bond donors (Lipinski definition) is 0. The van der Waals surface area contributed by atoms with E-state index in [2.05, 4.69) is 0 Å². The Labute approximate surface area is 96.2 Å². The van der Waals surface area contributed by atoms with Crippen molar-refractivity contribution in [2.75, 3.05) is 0 Å². The van der Waals surface area contributed by atoms with Gasteiger partial charge < -0.3 is 0 Å². The summed E-state index contributed by atoms with van der Waals surface area (Å²) in [6.45, 7) is 1.97. The van der Waals surface area contributed by atoms with Gasteiger partial charge in [0.05, 0.1) is 0 Å². The zero-order valence-corrected chi connectivity index (χ0v) is 9.43. The number of carbonyl (C=O) groups is 1. The first-order valence-corrected chi connectivity index (χ1v) is 5.78. The number of aryl methyl sites for hydroxylation is 1. The van der Waals surface area contributed by atoms with E-state index in [4.69, 9.17) is 0 Å². The Morgan fingerprint density at radius 1 is 1.00 bits per heavy atom. The van der Waals surface area contributed by atoms with Crippen LogP contribution < -0.4 is 5.43 Å². The first kappa shape index (κ1) is 9.48. The van der Waals surface area contributed by atoms with E-state index in [1.54, 1.807) is 29.5 Å². The fourth-order valence-corrected chi connectivity index (χ4v) is 3.05. The first-order valence-electron chi connectivity index (χ1n) is 4.97. The van der Waals surface area contributed by atoms with E-state index in [1.807, 2.05) is 13.0 Å². The third kappa shape index (κ3) is 1.18. The fourth-order valence-electron chi connectivity index (χ4n) is 2.01. The lowest BCUT2D eigenvalue weighted by Crippen LogP contribution is -1.92. The van der Waals surface area contributed by atoms with Crippen LogP contribution in [0.5, 0.6) is 0 Å². The monoisotopic (exact) mass is 228 g/mol. The van der Waals surface area contributed by atoms with Crippen LogP contribution in [-0.2, 0) is 0 Å². The molecule has 0 bridgehead atoms. The summed E-state index contributed by atoms with van der Waals surface area (Å²) in [5.41, 5.74) is 2.10. The summed E-state index contributed by atoms with van der Waals surface area (Å²) < 4.78 is 0. The van der Waals surface area contributed by atoms with Crippen molar-refractivity contribution < 1.29 is 4.79 Å². The molecule has 78 valence electrons. The van der Waals surface area contributed by atoms with E-state index >= 15 is 0 Å². The Hall–Kier alpha value is -1.74. The smallest absolute Gasteiger partial charge is 0.195 e. The van der Waals surface area contributed by atoms with E-state index in [9.17, 15) is 9.59 Å². The molecule has 0 radical (unpaired) electrons. The molecule has 0 saturated carbocycles. The van der Waals surface area contributed by atoms with Crippen molar-refractivity contribution in [3.63, 3.8) is 0 Å². The lowest BCUT2D eigenvalue weighted by atomic mass is 10.1. The van der Waals surface area contributed by atoms with Crippen molar-refractivity contribution in [1.82, 2.24) is 0 Å². The highest BCUT2D eigenvalue weighted by molar-refractivity contribution is 7.16. The molecule has 1 heterocycles. The van der Waals surface area contributed by atoms with Crippen molar-refractivity contribution in [1.29, 1.82) is 0 Å². The van der Waals surface area contributed by atoms with Crippen molar-refractivity contribution in [3.05, 3.63) is 56.6 Å². The number of thiophene rings is 1. The minimum absolute atomic E-state index is 0.0324. The zero-order valence-electron chi connectivity index (χ0n) is 8.61. The van der Waals surface area contributed by atoms with Gasteiger partial charge in [0.2, 0.25) is 0 Å². The Balaban J connectivity index is 2.45. The second-order valence-corrected chi connectivity index (χ2v) is 5.09. The standard InChI is InChI=1S/C13H8O2S/c1-7-5-11-12(15)9-4-2-3-8(14)6-10(9)13(11)16-7/h2-6H,1H3. The predicted octanol–water partition coefficient (Wildman–Crippen LogP) is 2.63. The molecule has 16 heavy (non-hydrogen) atoms. The van der Waals surface area contributed by atoms with Gasteiger partial charge in [-0.25, -0.2) is 0 Å². The Morgan fingerprint density at radius 2 is 1.81 bits per heavy atom. The van der Waals surface area contributed by atoms with E-state index in [0.29, 0.717) is 5.56 Å². The van der Waals surface area contributed by atoms with Gasteiger partial charge >= 0.3 is 0 Å². The molecule has 0 saturated heterocycles. The molecule has 0 amide bonds. The number of hydrogen-bond acceptors (Lipinski definition) is 3. The Kier molecular flexibility index (Phi) is 1.85. The van der Waals surface area contributed by atoms with E-state index in [-0.39, 0.29) is 11.2 Å². The van der Waals surface area contributed by atoms with Gasteiger partial charge in [0.25, 0.3) is 0 Å². The molecule has 0 aliphatic heterocycles. The van der Waals surface area contributed by atoms with Gasteiger partial charge in [-0.15, -0.1) is 11.3 Å². The molecule has 0 spiro atoms. The quantitative estimate of drug-likeness (QED) is 0.592. The van der Waals surface area contributed by atoms with Crippen LogP contribution in [0, 0.1) is 6.92 Å². The highest BCUT2D eigenvalue weighted by Crippen LogP contribution is 2.40. The number of carbonyl (C=O) groups excluding carboxylic acids is 1. The van der Waals surface area contributed by atoms with Crippen molar-refractivity contribution in [2.45, 2.75) is 6.92 Å². The van der Waals surface area contributed by atoms with Crippen LogP contribution in [0.15, 0.2) is 35.1 Å². The number of fused-ring (bicyclic) bond motifs is 3. The van der Waals surface area contributed by atoms with Crippen LogP contribution in [0.25, 0.3) is 10.4 Å². The van der Waals surface area contributed by atoms with Crippen LogP contribution in [0.3, 0.4) is 0 Å². The second-order valence-electron chi connectivity index (χ2n) is 3.83. The van der Waals surface area contributed by atoms with Gasteiger partial charge in [-0.2, -0.15) is 0 Å². The summed E-state index contributed by atoms with van der Waals surface area (Å²) in [7, 11) is 0. The average molecular weight is 228 g/mol. The number of ketones is 1. The van der Waals surface area contributed by atoms with Crippen LogP contribution in [-0.4, -0.2) is 5.78 Å². The molecule has 2 aromatic rings. The molecule has 0 unspecified atom stereocenters. The fraction of sp³-hybridized carbons (Fsp3) is 0.0769. The molecule has 1 aliphatic carbocycles.